The Bertz CT molecular complexity index is 1650. The zero-order valence-corrected chi connectivity index (χ0v) is 27.4. The molecule has 6 rings (SSSR count). The van der Waals surface area contributed by atoms with Crippen LogP contribution in [0.5, 0.6) is 28.7 Å². The monoisotopic (exact) mass is 662 g/mol. The Morgan fingerprint density at radius 1 is 0.875 bits per heavy atom. The highest BCUT2D eigenvalue weighted by Crippen LogP contribution is 2.56. The number of nitrogens with zero attached hydrogens (tertiary/aromatic N) is 2. The number of carbonyl (C=O) groups is 3. The number of rotatable bonds is 10. The molecule has 0 aromatic heterocycles. The molecule has 3 aromatic carbocycles. The van der Waals surface area contributed by atoms with Crippen molar-refractivity contribution in [2.24, 2.45) is 11.8 Å². The van der Waals surface area contributed by atoms with E-state index in [0.717, 1.165) is 11.1 Å². The third-order valence-electron chi connectivity index (χ3n) is 8.77. The summed E-state index contributed by atoms with van der Waals surface area (Å²) in [6.45, 7) is 1.20. The largest absolute Gasteiger partial charge is 0.514 e. The van der Waals surface area contributed by atoms with Crippen molar-refractivity contribution in [3.8, 4) is 28.7 Å². The third-order valence-corrected chi connectivity index (χ3v) is 8.77. The minimum atomic E-state index is -0.939. The van der Waals surface area contributed by atoms with Crippen LogP contribution in [-0.4, -0.2) is 89.9 Å². The average Bonchev–Trinajstić information content (AvgIpc) is 3.71. The van der Waals surface area contributed by atoms with Crippen molar-refractivity contribution in [2.45, 2.75) is 18.6 Å². The Kier molecular flexibility index (Phi) is 9.49. The predicted octanol–water partition coefficient (Wildman–Crippen LogP) is 4.75. The number of esters is 1. The Morgan fingerprint density at radius 2 is 1.54 bits per heavy atom. The van der Waals surface area contributed by atoms with E-state index in [-0.39, 0.29) is 37.3 Å². The molecule has 3 aromatic rings. The SMILES string of the molecule is COc1cc([C@@H]2c3cc4c(cc3[C@@H](OC(=O)N(C)CCN(C)C)[C@H]3C(=O)OC[C@H]23)OCO4)cc(OC)c1OC(=O)OCc1ccccc1. The van der Waals surface area contributed by atoms with E-state index in [9.17, 15) is 14.4 Å². The Hall–Kier alpha value is -5.17. The number of carbonyl (C=O) groups excluding carboxylic acids is 3. The van der Waals surface area contributed by atoms with Crippen LogP contribution in [0.3, 0.4) is 0 Å². The predicted molar refractivity (Wildman–Crippen MR) is 170 cm³/mol. The van der Waals surface area contributed by atoms with Gasteiger partial charge in [0.25, 0.3) is 0 Å². The van der Waals surface area contributed by atoms with Crippen LogP contribution in [0.15, 0.2) is 54.6 Å². The highest BCUT2D eigenvalue weighted by molar-refractivity contribution is 5.79. The first-order valence-corrected chi connectivity index (χ1v) is 15.5. The highest BCUT2D eigenvalue weighted by atomic mass is 16.7. The van der Waals surface area contributed by atoms with E-state index in [2.05, 4.69) is 0 Å². The molecule has 0 spiro atoms. The molecule has 13 nitrogen and oxygen atoms in total. The van der Waals surface area contributed by atoms with Crippen LogP contribution in [0, 0.1) is 11.8 Å². The van der Waals surface area contributed by atoms with Gasteiger partial charge in [-0.05, 0) is 55.1 Å². The molecule has 1 amide bonds. The number of benzene rings is 3. The van der Waals surface area contributed by atoms with Crippen LogP contribution in [0.4, 0.5) is 9.59 Å². The average molecular weight is 663 g/mol. The number of cyclic esters (lactones) is 1. The third kappa shape index (κ3) is 6.50. The van der Waals surface area contributed by atoms with Gasteiger partial charge in [0.2, 0.25) is 12.5 Å². The number of amides is 1. The highest BCUT2D eigenvalue weighted by Gasteiger charge is 2.54. The molecule has 0 unspecified atom stereocenters. The number of ether oxygens (including phenoxy) is 8. The fourth-order valence-corrected chi connectivity index (χ4v) is 6.33. The molecule has 2 heterocycles. The Balaban J connectivity index is 1.36. The fourth-order valence-electron chi connectivity index (χ4n) is 6.33. The second kappa shape index (κ2) is 13.9. The van der Waals surface area contributed by atoms with Crippen LogP contribution < -0.4 is 23.7 Å². The molecule has 0 bridgehead atoms. The summed E-state index contributed by atoms with van der Waals surface area (Å²) in [4.78, 5) is 42.9. The normalized spacial score (nSPS) is 20.3. The van der Waals surface area contributed by atoms with Gasteiger partial charge >= 0.3 is 18.2 Å². The maximum atomic E-state index is 13.4. The van der Waals surface area contributed by atoms with Gasteiger partial charge in [0.05, 0.1) is 20.8 Å². The minimum absolute atomic E-state index is 0.0195. The first-order valence-electron chi connectivity index (χ1n) is 15.5. The van der Waals surface area contributed by atoms with E-state index < -0.39 is 42.1 Å². The van der Waals surface area contributed by atoms with Crippen LogP contribution in [0.2, 0.25) is 0 Å². The van der Waals surface area contributed by atoms with Gasteiger partial charge in [-0.3, -0.25) is 4.79 Å². The van der Waals surface area contributed by atoms with E-state index in [1.165, 1.54) is 19.1 Å². The zero-order valence-electron chi connectivity index (χ0n) is 27.4. The maximum Gasteiger partial charge on any atom is 0.514 e. The molecule has 3 aliphatic rings. The van der Waals surface area contributed by atoms with Crippen molar-refractivity contribution >= 4 is 18.2 Å². The summed E-state index contributed by atoms with van der Waals surface area (Å²) in [5.41, 5.74) is 2.84. The van der Waals surface area contributed by atoms with Crippen molar-refractivity contribution in [3.05, 3.63) is 76.9 Å². The fraction of sp³-hybridized carbons (Fsp3) is 0.400. The van der Waals surface area contributed by atoms with Crippen molar-refractivity contribution in [3.63, 3.8) is 0 Å². The lowest BCUT2D eigenvalue weighted by Gasteiger charge is -2.39. The molecule has 13 heteroatoms. The quantitative estimate of drug-likeness (QED) is 0.169. The van der Waals surface area contributed by atoms with Gasteiger partial charge in [-0.25, -0.2) is 9.59 Å². The van der Waals surface area contributed by atoms with Gasteiger partial charge in [0, 0.05) is 37.5 Å². The van der Waals surface area contributed by atoms with Crippen LogP contribution in [0.1, 0.15) is 34.3 Å². The lowest BCUT2D eigenvalue weighted by atomic mass is 9.66. The maximum absolute atomic E-state index is 13.4. The van der Waals surface area contributed by atoms with Gasteiger partial charge in [-0.15, -0.1) is 0 Å². The van der Waals surface area contributed by atoms with Crippen LogP contribution >= 0.6 is 0 Å². The van der Waals surface area contributed by atoms with E-state index in [0.29, 0.717) is 35.7 Å². The molecule has 2 aliphatic heterocycles. The van der Waals surface area contributed by atoms with Gasteiger partial charge in [0.1, 0.15) is 18.6 Å². The van der Waals surface area contributed by atoms with Crippen molar-refractivity contribution in [2.75, 3.05) is 61.9 Å². The lowest BCUT2D eigenvalue weighted by Crippen LogP contribution is -2.40. The Morgan fingerprint density at radius 3 is 2.19 bits per heavy atom. The zero-order chi connectivity index (χ0) is 33.9. The topological polar surface area (TPSA) is 132 Å². The molecule has 1 saturated heterocycles. The second-order valence-electron chi connectivity index (χ2n) is 12.0. The smallest absolute Gasteiger partial charge is 0.493 e. The van der Waals surface area contributed by atoms with Crippen molar-refractivity contribution in [1.82, 2.24) is 9.80 Å². The van der Waals surface area contributed by atoms with E-state index in [1.54, 1.807) is 25.2 Å². The standard InChI is InChI=1S/C35H38N2O11/c1-36(2)11-12-37(3)34(39)47-31-23-16-26-25(45-19-46-26)15-22(23)29(24-18-43-33(38)30(24)31)21-13-27(41-4)32(28(14-21)42-5)48-35(40)44-17-20-9-7-6-8-10-20/h6-10,13-16,24,29-31H,11-12,17-19H2,1-5H3/t24-,29-,30+,31-/m1/s1. The van der Waals surface area contributed by atoms with E-state index in [1.807, 2.05) is 55.4 Å². The minimum Gasteiger partial charge on any atom is -0.493 e. The molecule has 1 aliphatic carbocycles. The molecule has 1 fully saturated rings. The second-order valence-corrected chi connectivity index (χ2v) is 12.0. The molecule has 0 radical (unpaired) electrons. The van der Waals surface area contributed by atoms with E-state index in [4.69, 9.17) is 37.9 Å². The Labute approximate surface area is 278 Å². The first-order chi connectivity index (χ1) is 23.2. The van der Waals surface area contributed by atoms with Gasteiger partial charge in [0.15, 0.2) is 23.0 Å². The number of likely N-dealkylation sites (N-methyl/N-ethyl adjacent to an activating group) is 2. The van der Waals surface area contributed by atoms with E-state index >= 15 is 0 Å². The molecule has 48 heavy (non-hydrogen) atoms. The number of methoxy groups -OCH3 is 2. The summed E-state index contributed by atoms with van der Waals surface area (Å²) < 4.78 is 45.4. The van der Waals surface area contributed by atoms with Crippen LogP contribution in [0.25, 0.3) is 0 Å². The van der Waals surface area contributed by atoms with Gasteiger partial charge in [-0.2, -0.15) is 0 Å². The van der Waals surface area contributed by atoms with Crippen LogP contribution in [-0.2, 0) is 25.6 Å². The van der Waals surface area contributed by atoms with Gasteiger partial charge < -0.3 is 47.7 Å². The molecule has 254 valence electrons. The summed E-state index contributed by atoms with van der Waals surface area (Å²) in [6, 6.07) is 16.3. The summed E-state index contributed by atoms with van der Waals surface area (Å²) in [6.07, 6.45) is -2.44. The molecular formula is C35H38N2O11. The summed E-state index contributed by atoms with van der Waals surface area (Å²) in [7, 11) is 8.38. The van der Waals surface area contributed by atoms with Gasteiger partial charge in [-0.1, -0.05) is 30.3 Å². The number of hydrogen-bond donors (Lipinski definition) is 0. The summed E-state index contributed by atoms with van der Waals surface area (Å²) in [5, 5.41) is 0. The first kappa shape index (κ1) is 32.8. The molecular weight excluding hydrogens is 624 g/mol. The number of fused-ring (bicyclic) bond motifs is 3. The molecule has 4 atom stereocenters. The molecule has 0 saturated carbocycles. The summed E-state index contributed by atoms with van der Waals surface area (Å²) >= 11 is 0. The summed E-state index contributed by atoms with van der Waals surface area (Å²) in [5.74, 6) is -0.727. The van der Waals surface area contributed by atoms with Crippen molar-refractivity contribution < 1.29 is 52.3 Å². The number of hydrogen-bond acceptors (Lipinski definition) is 12. The lowest BCUT2D eigenvalue weighted by molar-refractivity contribution is -0.144. The van der Waals surface area contributed by atoms with Crippen molar-refractivity contribution in [1.29, 1.82) is 0 Å². The molecule has 0 N–H and O–H groups in total.